The van der Waals surface area contributed by atoms with Crippen LogP contribution in [0.25, 0.3) is 0 Å². The van der Waals surface area contributed by atoms with Crippen LogP contribution < -0.4 is 48.0 Å². The molecule has 0 aromatic carbocycles. The fraction of sp³-hybridized carbons (Fsp3) is 0.556. The van der Waals surface area contributed by atoms with Crippen LogP contribution in [0.15, 0.2) is 24.8 Å². The molecule has 0 saturated heterocycles. The molecule has 0 N–H and O–H groups in total. The van der Waals surface area contributed by atoms with E-state index >= 15 is 0 Å². The van der Waals surface area contributed by atoms with E-state index < -0.39 is 0 Å². The van der Waals surface area contributed by atoms with Gasteiger partial charge in [-0.3, -0.25) is 0 Å². The first-order valence-electron chi connectivity index (χ1n) is 3.44. The van der Waals surface area contributed by atoms with E-state index in [1.807, 2.05) is 6.08 Å². The van der Waals surface area contributed by atoms with Crippen LogP contribution in [0.2, 0.25) is 0 Å². The van der Waals surface area contributed by atoms with Crippen molar-refractivity contribution in [3.8, 4) is 0 Å². The second-order valence-corrected chi connectivity index (χ2v) is 2.61. The first-order valence-corrected chi connectivity index (χ1v) is 3.44. The van der Waals surface area contributed by atoms with Gasteiger partial charge < -0.3 is 48.0 Å². The van der Waals surface area contributed by atoms with Crippen molar-refractivity contribution in [2.75, 3.05) is 0 Å². The van der Waals surface area contributed by atoms with Crippen molar-refractivity contribution in [1.29, 1.82) is 0 Å². The molecule has 0 fully saturated rings. The van der Waals surface area contributed by atoms with Crippen molar-refractivity contribution >= 4 is 23.1 Å². The Labute approximate surface area is 127 Å². The van der Waals surface area contributed by atoms with Crippen LogP contribution in [0.4, 0.5) is 0 Å². The molecule has 0 aliphatic carbocycles. The maximum Gasteiger partial charge on any atom is 2.00 e. The number of hydrogen-bond donors (Lipinski definition) is 0. The Morgan fingerprint density at radius 2 is 1.83 bits per heavy atom. The first kappa shape index (κ1) is 23.5. The molecule has 3 heteroatoms. The summed E-state index contributed by atoms with van der Waals surface area (Å²) in [6.45, 7) is 11.8. The fourth-order valence-corrected chi connectivity index (χ4v) is 0.614. The summed E-state index contributed by atoms with van der Waals surface area (Å²) in [6.07, 6.45) is 4.26. The Kier molecular flexibility index (Phi) is 29.7. The molecule has 0 rings (SSSR count). The normalized spacial score (nSPS) is 9.50. The van der Waals surface area contributed by atoms with Gasteiger partial charge in [0, 0.05) is 0 Å². The quantitative estimate of drug-likeness (QED) is 0.264. The van der Waals surface area contributed by atoms with Crippen molar-refractivity contribution in [2.45, 2.75) is 26.7 Å². The Balaban J connectivity index is -0.000000107. The van der Waals surface area contributed by atoms with Gasteiger partial charge in [-0.05, 0) is 25.7 Å². The van der Waals surface area contributed by atoms with Crippen LogP contribution in [-0.2, 0) is 0 Å². The monoisotopic (exact) mass is 402 g/mol. The molecule has 0 nitrogen and oxygen atoms in total. The van der Waals surface area contributed by atoms with E-state index in [0.29, 0.717) is 5.92 Å². The zero-order valence-electron chi connectivity index (χ0n) is 7.95. The summed E-state index contributed by atoms with van der Waals surface area (Å²) in [6, 6.07) is 0. The van der Waals surface area contributed by atoms with Gasteiger partial charge in [-0.25, -0.2) is 0 Å². The zero-order valence-corrected chi connectivity index (χ0v) is 13.7. The van der Waals surface area contributed by atoms with Crippen LogP contribution in [0.1, 0.15) is 26.7 Å². The molecule has 0 saturated carbocycles. The number of allylic oxidation sites excluding steroid dienone is 2. The third-order valence-corrected chi connectivity index (χ3v) is 1.65. The van der Waals surface area contributed by atoms with Gasteiger partial charge >= 0.3 is 23.1 Å². The molecule has 0 aromatic heterocycles. The first-order chi connectivity index (χ1) is 4.18. The van der Waals surface area contributed by atoms with E-state index in [1.54, 1.807) is 0 Å². The minimum Gasteiger partial charge on any atom is -1.00 e. The van der Waals surface area contributed by atoms with Gasteiger partial charge in [0.1, 0.15) is 0 Å². The number of rotatable bonds is 4. The molecule has 1 unspecified atom stereocenters. The van der Waals surface area contributed by atoms with E-state index in [1.165, 1.54) is 12.0 Å². The molecule has 1 atom stereocenters. The van der Waals surface area contributed by atoms with Gasteiger partial charge in [0.2, 0.25) is 0 Å². The number of halogens is 2. The molecule has 0 aromatic rings. The summed E-state index contributed by atoms with van der Waals surface area (Å²) in [4.78, 5) is 0. The number of hydrogen-bond acceptors (Lipinski definition) is 0. The zero-order chi connectivity index (χ0) is 7.28. The standard InChI is InChI=1S/C9H16.2HI.Mg/c1-5-6-7-9(4)8(2)3;;;/h5,9H,1-2,6-7H2,3-4H3;2*1H;/q;;;+2/p-2. The molecular formula is C9H16I2Mg. The van der Waals surface area contributed by atoms with Crippen LogP contribution in [0, 0.1) is 5.92 Å². The summed E-state index contributed by atoms with van der Waals surface area (Å²) >= 11 is 0. The van der Waals surface area contributed by atoms with E-state index in [0.717, 1.165) is 6.42 Å². The van der Waals surface area contributed by atoms with Crippen molar-refractivity contribution in [3.63, 3.8) is 0 Å². The van der Waals surface area contributed by atoms with E-state index in [-0.39, 0.29) is 71.0 Å². The van der Waals surface area contributed by atoms with Gasteiger partial charge in [0.15, 0.2) is 0 Å². The van der Waals surface area contributed by atoms with Gasteiger partial charge in [-0.15, -0.1) is 6.58 Å². The second kappa shape index (κ2) is 15.2. The predicted octanol–water partition coefficient (Wildman–Crippen LogP) is -3.21. The summed E-state index contributed by atoms with van der Waals surface area (Å²) in [7, 11) is 0. The molecular weight excluding hydrogens is 386 g/mol. The molecule has 0 radical (unpaired) electrons. The van der Waals surface area contributed by atoms with Crippen molar-refractivity contribution in [2.24, 2.45) is 5.92 Å². The van der Waals surface area contributed by atoms with Crippen molar-refractivity contribution in [1.82, 2.24) is 0 Å². The van der Waals surface area contributed by atoms with Crippen LogP contribution in [0.3, 0.4) is 0 Å². The summed E-state index contributed by atoms with van der Waals surface area (Å²) in [5.41, 5.74) is 1.27. The minimum absolute atomic E-state index is 0. The minimum atomic E-state index is 0. The summed E-state index contributed by atoms with van der Waals surface area (Å²) < 4.78 is 0. The average molecular weight is 402 g/mol. The van der Waals surface area contributed by atoms with Gasteiger partial charge in [0.05, 0.1) is 0 Å². The van der Waals surface area contributed by atoms with Gasteiger partial charge in [-0.1, -0.05) is 25.2 Å². The average Bonchev–Trinajstić information content (AvgIpc) is 1.82. The molecule has 0 bridgehead atoms. The SMILES string of the molecule is C=CCCC(C)C(=C)C.[I-].[I-].[Mg+2]. The second-order valence-electron chi connectivity index (χ2n) is 2.61. The summed E-state index contributed by atoms with van der Waals surface area (Å²) in [5.74, 6) is 0.656. The molecule has 0 aliphatic rings. The maximum absolute atomic E-state index is 3.87. The molecule has 0 heterocycles. The van der Waals surface area contributed by atoms with Crippen molar-refractivity contribution in [3.05, 3.63) is 24.8 Å². The van der Waals surface area contributed by atoms with Crippen molar-refractivity contribution < 1.29 is 48.0 Å². The largest absolute Gasteiger partial charge is 2.00 e. The maximum atomic E-state index is 3.87. The van der Waals surface area contributed by atoms with E-state index in [9.17, 15) is 0 Å². The molecule has 12 heavy (non-hydrogen) atoms. The van der Waals surface area contributed by atoms with E-state index in [2.05, 4.69) is 27.0 Å². The van der Waals surface area contributed by atoms with E-state index in [4.69, 9.17) is 0 Å². The fourth-order valence-electron chi connectivity index (χ4n) is 0.614. The topological polar surface area (TPSA) is 0 Å². The van der Waals surface area contributed by atoms with Crippen LogP contribution in [0.5, 0.6) is 0 Å². The smallest absolute Gasteiger partial charge is 1.00 e. The molecule has 0 spiro atoms. The molecule has 0 aliphatic heterocycles. The Hall–Kier alpha value is 1.71. The van der Waals surface area contributed by atoms with Crippen LogP contribution in [-0.4, -0.2) is 23.1 Å². The summed E-state index contributed by atoms with van der Waals surface area (Å²) in [5, 5.41) is 0. The molecule has 0 amide bonds. The predicted molar refractivity (Wildman–Crippen MR) is 49.2 cm³/mol. The Morgan fingerprint density at radius 3 is 2.08 bits per heavy atom. The Bertz CT molecular complexity index is 113. The Morgan fingerprint density at radius 1 is 1.42 bits per heavy atom. The third kappa shape index (κ3) is 14.2. The van der Waals surface area contributed by atoms with Gasteiger partial charge in [0.25, 0.3) is 0 Å². The molecule has 68 valence electrons. The van der Waals surface area contributed by atoms with Crippen LogP contribution >= 0.6 is 0 Å². The third-order valence-electron chi connectivity index (χ3n) is 1.65. The van der Waals surface area contributed by atoms with Gasteiger partial charge in [-0.2, -0.15) is 0 Å².